The van der Waals surface area contributed by atoms with E-state index in [4.69, 9.17) is 9.40 Å². The lowest BCUT2D eigenvalue weighted by atomic mass is 9.94. The largest absolute Gasteiger partial charge is 0.456 e. The summed E-state index contributed by atoms with van der Waals surface area (Å²) in [5.41, 5.74) is 15.1. The number of hydrogen-bond donors (Lipinski definition) is 0. The van der Waals surface area contributed by atoms with Crippen LogP contribution in [-0.4, -0.2) is 4.98 Å². The van der Waals surface area contributed by atoms with Crippen LogP contribution in [0.5, 0.6) is 0 Å². The molecule has 266 valence electrons. The average molecular weight is 726 g/mol. The Labute approximate surface area is 331 Å². The van der Waals surface area contributed by atoms with Crippen LogP contribution in [0.1, 0.15) is 0 Å². The molecule has 0 aliphatic heterocycles. The summed E-state index contributed by atoms with van der Waals surface area (Å²) in [5, 5.41) is 7.05. The molecule has 0 unspecified atom stereocenters. The van der Waals surface area contributed by atoms with Crippen LogP contribution in [0.15, 0.2) is 217 Å². The van der Waals surface area contributed by atoms with Gasteiger partial charge in [-0.3, -0.25) is 0 Å². The van der Waals surface area contributed by atoms with Gasteiger partial charge in [0.2, 0.25) is 0 Å². The van der Waals surface area contributed by atoms with E-state index in [1.165, 1.54) is 49.4 Å². The molecular weight excluding hydrogens is 691 g/mol. The van der Waals surface area contributed by atoms with Gasteiger partial charge in [-0.15, -0.1) is 0 Å². The molecule has 0 saturated carbocycles. The first-order chi connectivity index (χ1) is 28.2. The summed E-state index contributed by atoms with van der Waals surface area (Å²) >= 11 is 0. The zero-order valence-electron chi connectivity index (χ0n) is 31.1. The second kappa shape index (κ2) is 13.6. The highest BCUT2D eigenvalue weighted by atomic mass is 16.3. The van der Waals surface area contributed by atoms with E-state index in [0.717, 1.165) is 61.1 Å². The number of aromatic nitrogens is 1. The summed E-state index contributed by atoms with van der Waals surface area (Å²) < 4.78 is 6.38. The van der Waals surface area contributed by atoms with Crippen molar-refractivity contribution in [2.24, 2.45) is 0 Å². The fourth-order valence-electron chi connectivity index (χ4n) is 8.30. The van der Waals surface area contributed by atoms with Gasteiger partial charge < -0.3 is 4.42 Å². The van der Waals surface area contributed by atoms with Crippen molar-refractivity contribution in [2.75, 3.05) is 0 Å². The first kappa shape index (κ1) is 32.8. The topological polar surface area (TPSA) is 26.0 Å². The lowest BCUT2D eigenvalue weighted by molar-refractivity contribution is 0.669. The van der Waals surface area contributed by atoms with Crippen molar-refractivity contribution in [3.63, 3.8) is 0 Å². The molecule has 2 heteroatoms. The van der Waals surface area contributed by atoms with Crippen LogP contribution >= 0.6 is 0 Å². The number of furan rings is 1. The number of nitrogens with zero attached hydrogens (tertiary/aromatic N) is 1. The average Bonchev–Trinajstić information content (AvgIpc) is 3.68. The highest BCUT2D eigenvalue weighted by molar-refractivity contribution is 6.19. The monoisotopic (exact) mass is 725 g/mol. The Kier molecular flexibility index (Phi) is 7.86. The molecule has 0 aliphatic carbocycles. The van der Waals surface area contributed by atoms with Crippen LogP contribution < -0.4 is 0 Å². The second-order valence-electron chi connectivity index (χ2n) is 14.8. The van der Waals surface area contributed by atoms with E-state index in [9.17, 15) is 0 Å². The van der Waals surface area contributed by atoms with Crippen LogP contribution in [0.4, 0.5) is 0 Å². The molecule has 11 aromatic rings. The zero-order valence-corrected chi connectivity index (χ0v) is 31.1. The molecule has 9 aromatic carbocycles. The van der Waals surface area contributed by atoms with Crippen LogP contribution in [0, 0.1) is 0 Å². The molecule has 0 aliphatic rings. The molecule has 0 saturated heterocycles. The summed E-state index contributed by atoms with van der Waals surface area (Å²) in [5.74, 6) is 0. The van der Waals surface area contributed by atoms with E-state index in [0.29, 0.717) is 0 Å². The summed E-state index contributed by atoms with van der Waals surface area (Å²) in [4.78, 5) is 5.41. The van der Waals surface area contributed by atoms with Gasteiger partial charge in [-0.1, -0.05) is 152 Å². The van der Waals surface area contributed by atoms with Crippen LogP contribution in [0.2, 0.25) is 0 Å². The SMILES string of the molecule is c1ccc(-c2cccc(-c3cc(-c4cccc(-c5ccc6cc(-c7ccccc7)ccc6c5)c4)nc(-c4ccc5oc6ccc7ccccc7c6c5c4)c3)c2)cc1. The third-order valence-corrected chi connectivity index (χ3v) is 11.2. The lowest BCUT2D eigenvalue weighted by Gasteiger charge is -2.13. The summed E-state index contributed by atoms with van der Waals surface area (Å²) in [6.07, 6.45) is 0. The first-order valence-electron chi connectivity index (χ1n) is 19.4. The van der Waals surface area contributed by atoms with E-state index in [2.05, 4.69) is 212 Å². The summed E-state index contributed by atoms with van der Waals surface area (Å²) in [6.45, 7) is 0. The maximum atomic E-state index is 6.38. The Morgan fingerprint density at radius 3 is 1.44 bits per heavy atom. The smallest absolute Gasteiger partial charge is 0.136 e. The molecule has 0 N–H and O–H groups in total. The molecule has 0 spiro atoms. The van der Waals surface area contributed by atoms with Gasteiger partial charge in [-0.2, -0.15) is 0 Å². The quantitative estimate of drug-likeness (QED) is 0.171. The highest BCUT2D eigenvalue weighted by Crippen LogP contribution is 2.39. The number of benzene rings is 9. The summed E-state index contributed by atoms with van der Waals surface area (Å²) in [6, 6.07) is 75.9. The van der Waals surface area contributed by atoms with E-state index in [1.807, 2.05) is 0 Å². The van der Waals surface area contributed by atoms with Crippen LogP contribution in [-0.2, 0) is 0 Å². The Hall–Kier alpha value is -7.55. The minimum atomic E-state index is 0.872. The van der Waals surface area contributed by atoms with Crippen LogP contribution in [0.25, 0.3) is 111 Å². The lowest BCUT2D eigenvalue weighted by Crippen LogP contribution is -1.92. The second-order valence-corrected chi connectivity index (χ2v) is 14.8. The normalized spacial score (nSPS) is 11.5. The molecule has 0 atom stereocenters. The van der Waals surface area contributed by atoms with Gasteiger partial charge in [0, 0.05) is 21.9 Å². The van der Waals surface area contributed by atoms with Gasteiger partial charge in [-0.25, -0.2) is 4.98 Å². The van der Waals surface area contributed by atoms with Crippen molar-refractivity contribution >= 4 is 43.5 Å². The molecule has 57 heavy (non-hydrogen) atoms. The third-order valence-electron chi connectivity index (χ3n) is 11.2. The number of hydrogen-bond acceptors (Lipinski definition) is 2. The van der Waals surface area contributed by atoms with Crippen molar-refractivity contribution in [1.82, 2.24) is 4.98 Å². The number of rotatable bonds is 6. The molecular formula is C55H35NO. The number of pyridine rings is 1. The molecule has 0 fully saturated rings. The van der Waals surface area contributed by atoms with E-state index in [1.54, 1.807) is 0 Å². The zero-order chi connectivity index (χ0) is 37.7. The van der Waals surface area contributed by atoms with E-state index in [-0.39, 0.29) is 0 Å². The fourth-order valence-corrected chi connectivity index (χ4v) is 8.30. The fraction of sp³-hybridized carbons (Fsp3) is 0. The predicted octanol–water partition coefficient (Wildman–Crippen LogP) is 15.3. The van der Waals surface area contributed by atoms with E-state index < -0.39 is 0 Å². The molecule has 0 radical (unpaired) electrons. The minimum absolute atomic E-state index is 0.872. The third kappa shape index (κ3) is 6.05. The molecule has 0 amide bonds. The minimum Gasteiger partial charge on any atom is -0.456 e. The highest BCUT2D eigenvalue weighted by Gasteiger charge is 2.15. The van der Waals surface area contributed by atoms with Crippen molar-refractivity contribution in [1.29, 1.82) is 0 Å². The Balaban J connectivity index is 1.04. The van der Waals surface area contributed by atoms with Crippen molar-refractivity contribution < 1.29 is 4.42 Å². The molecule has 2 aromatic heterocycles. The summed E-state index contributed by atoms with van der Waals surface area (Å²) in [7, 11) is 0. The van der Waals surface area contributed by atoms with Gasteiger partial charge >= 0.3 is 0 Å². The van der Waals surface area contributed by atoms with Gasteiger partial charge in [-0.05, 0) is 127 Å². The Morgan fingerprint density at radius 1 is 0.263 bits per heavy atom. The van der Waals surface area contributed by atoms with Crippen molar-refractivity contribution in [3.05, 3.63) is 212 Å². The van der Waals surface area contributed by atoms with Gasteiger partial charge in [0.05, 0.1) is 11.4 Å². The first-order valence-corrected chi connectivity index (χ1v) is 19.4. The van der Waals surface area contributed by atoms with E-state index >= 15 is 0 Å². The molecule has 2 heterocycles. The maximum absolute atomic E-state index is 6.38. The molecule has 0 bridgehead atoms. The number of fused-ring (bicyclic) bond motifs is 6. The Morgan fingerprint density at radius 2 is 0.737 bits per heavy atom. The van der Waals surface area contributed by atoms with Gasteiger partial charge in [0.25, 0.3) is 0 Å². The molecule has 11 rings (SSSR count). The van der Waals surface area contributed by atoms with Crippen molar-refractivity contribution in [3.8, 4) is 67.0 Å². The maximum Gasteiger partial charge on any atom is 0.136 e. The Bertz CT molecular complexity index is 3290. The molecule has 2 nitrogen and oxygen atoms in total. The van der Waals surface area contributed by atoms with Gasteiger partial charge in [0.15, 0.2) is 0 Å². The van der Waals surface area contributed by atoms with Crippen LogP contribution in [0.3, 0.4) is 0 Å². The predicted molar refractivity (Wildman–Crippen MR) is 239 cm³/mol. The van der Waals surface area contributed by atoms with Gasteiger partial charge in [0.1, 0.15) is 11.2 Å². The van der Waals surface area contributed by atoms with Crippen molar-refractivity contribution in [2.45, 2.75) is 0 Å². The standard InChI is InChI=1S/C55H35NO/c1-3-11-36(12-4-1)39-16-9-18-41(29-39)48-34-51(56-52(35-48)47-26-27-53-50(33-47)55-49-20-8-7-15-38(49)25-28-54(55)57-53)46-19-10-17-40(32-46)43-23-24-44-30-42(21-22-45(44)31-43)37-13-5-2-6-14-37/h1-35H.